The van der Waals surface area contributed by atoms with E-state index in [2.05, 4.69) is 19.8 Å². The van der Waals surface area contributed by atoms with E-state index in [9.17, 15) is 9.59 Å². The lowest BCUT2D eigenvalue weighted by Gasteiger charge is -2.14. The Kier molecular flexibility index (Phi) is 5.06. The van der Waals surface area contributed by atoms with Gasteiger partial charge in [-0.25, -0.2) is 14.6 Å². The number of methoxy groups -OCH3 is 2. The van der Waals surface area contributed by atoms with Crippen LogP contribution in [0.1, 0.15) is 10.4 Å². The molecular weight excluding hydrogens is 240 g/mol. The first-order valence-corrected chi connectivity index (χ1v) is 5.12. The van der Waals surface area contributed by atoms with Crippen LogP contribution in [0.3, 0.4) is 0 Å². The van der Waals surface area contributed by atoms with Gasteiger partial charge in [-0.1, -0.05) is 0 Å². The van der Waals surface area contributed by atoms with Gasteiger partial charge in [-0.05, 0) is 12.1 Å². The number of aliphatic hydroxyl groups is 1. The average Bonchev–Trinajstić information content (AvgIpc) is 2.43. The molecule has 1 heterocycles. The number of anilines is 1. The second kappa shape index (κ2) is 6.55. The maximum Gasteiger partial charge on any atom is 0.338 e. The minimum Gasteiger partial charge on any atom is -0.467 e. The van der Waals surface area contributed by atoms with Gasteiger partial charge in [-0.2, -0.15) is 0 Å². The number of nitrogens with one attached hydrogen (secondary N) is 1. The van der Waals surface area contributed by atoms with Gasteiger partial charge in [0, 0.05) is 6.20 Å². The number of hydrogen-bond donors (Lipinski definition) is 2. The molecule has 0 radical (unpaired) electrons. The van der Waals surface area contributed by atoms with E-state index < -0.39 is 24.6 Å². The molecule has 0 aliphatic rings. The molecular formula is C11H14N2O5. The van der Waals surface area contributed by atoms with Gasteiger partial charge < -0.3 is 19.9 Å². The zero-order valence-corrected chi connectivity index (χ0v) is 10.0. The topological polar surface area (TPSA) is 97.8 Å². The number of nitrogens with zero attached hydrogens (tertiary/aromatic N) is 1. The van der Waals surface area contributed by atoms with Crippen LogP contribution >= 0.6 is 0 Å². The van der Waals surface area contributed by atoms with E-state index >= 15 is 0 Å². The van der Waals surface area contributed by atoms with Crippen molar-refractivity contribution in [3.05, 3.63) is 23.9 Å². The van der Waals surface area contributed by atoms with Gasteiger partial charge in [0.1, 0.15) is 11.9 Å². The van der Waals surface area contributed by atoms with Crippen molar-refractivity contribution >= 4 is 17.8 Å². The molecule has 1 atom stereocenters. The fraction of sp³-hybridized carbons (Fsp3) is 0.364. The zero-order chi connectivity index (χ0) is 13.5. The minimum absolute atomic E-state index is 0.266. The van der Waals surface area contributed by atoms with Gasteiger partial charge in [0.15, 0.2) is 0 Å². The number of aromatic nitrogens is 1. The quantitative estimate of drug-likeness (QED) is 0.703. The van der Waals surface area contributed by atoms with Crippen molar-refractivity contribution in [1.82, 2.24) is 4.98 Å². The summed E-state index contributed by atoms with van der Waals surface area (Å²) in [5.74, 6) is -0.871. The lowest BCUT2D eigenvalue weighted by Crippen LogP contribution is -2.34. The molecule has 0 aromatic carbocycles. The molecule has 1 unspecified atom stereocenters. The molecule has 0 saturated carbocycles. The van der Waals surface area contributed by atoms with E-state index in [1.54, 1.807) is 0 Å². The summed E-state index contributed by atoms with van der Waals surface area (Å²) in [7, 11) is 2.48. The smallest absolute Gasteiger partial charge is 0.338 e. The number of pyridine rings is 1. The van der Waals surface area contributed by atoms with E-state index in [0.717, 1.165) is 0 Å². The molecule has 1 aromatic rings. The first-order valence-electron chi connectivity index (χ1n) is 5.12. The van der Waals surface area contributed by atoms with Crippen molar-refractivity contribution in [3.8, 4) is 0 Å². The van der Waals surface area contributed by atoms with E-state index in [-0.39, 0.29) is 11.4 Å². The summed E-state index contributed by atoms with van der Waals surface area (Å²) in [6.07, 6.45) is 1.39. The highest BCUT2D eigenvalue weighted by Gasteiger charge is 2.18. The molecule has 0 bridgehead atoms. The first-order chi connectivity index (χ1) is 8.62. The number of carbonyl (C=O) groups is 2. The van der Waals surface area contributed by atoms with E-state index in [1.165, 1.54) is 32.5 Å². The third-order valence-electron chi connectivity index (χ3n) is 2.17. The van der Waals surface area contributed by atoms with Crippen LogP contribution in [0.25, 0.3) is 0 Å². The van der Waals surface area contributed by atoms with Crippen molar-refractivity contribution in [2.75, 3.05) is 26.1 Å². The third kappa shape index (κ3) is 3.42. The maximum absolute atomic E-state index is 11.3. The van der Waals surface area contributed by atoms with Crippen molar-refractivity contribution in [3.63, 3.8) is 0 Å². The fourth-order valence-electron chi connectivity index (χ4n) is 1.25. The van der Waals surface area contributed by atoms with E-state index in [0.29, 0.717) is 0 Å². The van der Waals surface area contributed by atoms with Crippen LogP contribution < -0.4 is 5.32 Å². The molecule has 18 heavy (non-hydrogen) atoms. The first kappa shape index (κ1) is 13.9. The van der Waals surface area contributed by atoms with Gasteiger partial charge >= 0.3 is 11.9 Å². The predicted molar refractivity (Wildman–Crippen MR) is 62.1 cm³/mol. The van der Waals surface area contributed by atoms with Crippen molar-refractivity contribution in [2.45, 2.75) is 6.04 Å². The SMILES string of the molecule is COC(=O)c1ccnc(NC(CO)C(=O)OC)c1. The molecule has 2 N–H and O–H groups in total. The number of ether oxygens (including phenoxy) is 2. The summed E-state index contributed by atoms with van der Waals surface area (Å²) in [4.78, 5) is 26.5. The molecule has 1 rings (SSSR count). The van der Waals surface area contributed by atoms with Crippen molar-refractivity contribution < 1.29 is 24.2 Å². The summed E-state index contributed by atoms with van der Waals surface area (Å²) in [5, 5.41) is 11.7. The molecule has 98 valence electrons. The number of carbonyl (C=O) groups excluding carboxylic acids is 2. The molecule has 0 aliphatic heterocycles. The van der Waals surface area contributed by atoms with Gasteiger partial charge in [-0.15, -0.1) is 0 Å². The number of aliphatic hydroxyl groups excluding tert-OH is 1. The molecule has 1 aromatic heterocycles. The van der Waals surface area contributed by atoms with Crippen LogP contribution in [0.2, 0.25) is 0 Å². The molecule has 0 aliphatic carbocycles. The van der Waals surface area contributed by atoms with Crippen LogP contribution in [0.4, 0.5) is 5.82 Å². The van der Waals surface area contributed by atoms with Crippen LogP contribution in [0, 0.1) is 0 Å². The second-order valence-electron chi connectivity index (χ2n) is 3.32. The molecule has 7 nitrogen and oxygen atoms in total. The third-order valence-corrected chi connectivity index (χ3v) is 2.17. The van der Waals surface area contributed by atoms with Crippen LogP contribution in [0.5, 0.6) is 0 Å². The minimum atomic E-state index is -0.935. The Morgan fingerprint density at radius 1 is 1.44 bits per heavy atom. The second-order valence-corrected chi connectivity index (χ2v) is 3.32. The number of hydrogen-bond acceptors (Lipinski definition) is 7. The Labute approximate surface area is 104 Å². The summed E-state index contributed by atoms with van der Waals surface area (Å²) < 4.78 is 9.05. The van der Waals surface area contributed by atoms with Gasteiger partial charge in [0.2, 0.25) is 0 Å². The fourth-order valence-corrected chi connectivity index (χ4v) is 1.25. The zero-order valence-electron chi connectivity index (χ0n) is 10.0. The summed E-state index contributed by atoms with van der Waals surface area (Å²) >= 11 is 0. The molecule has 0 amide bonds. The van der Waals surface area contributed by atoms with Gasteiger partial charge in [0.05, 0.1) is 26.4 Å². The lowest BCUT2D eigenvalue weighted by atomic mass is 10.2. The largest absolute Gasteiger partial charge is 0.467 e. The average molecular weight is 254 g/mol. The summed E-state index contributed by atoms with van der Waals surface area (Å²) in [5.41, 5.74) is 0.288. The lowest BCUT2D eigenvalue weighted by molar-refractivity contribution is -0.142. The monoisotopic (exact) mass is 254 g/mol. The van der Waals surface area contributed by atoms with Gasteiger partial charge in [-0.3, -0.25) is 0 Å². The van der Waals surface area contributed by atoms with Crippen LogP contribution in [0.15, 0.2) is 18.3 Å². The van der Waals surface area contributed by atoms with Crippen molar-refractivity contribution in [1.29, 1.82) is 0 Å². The standard InChI is InChI=1S/C11H14N2O5/c1-17-10(15)7-3-4-12-9(5-7)13-8(6-14)11(16)18-2/h3-5,8,14H,6H2,1-2H3,(H,12,13). The molecule has 0 saturated heterocycles. The Balaban J connectivity index is 2.84. The Hall–Kier alpha value is -2.15. The highest BCUT2D eigenvalue weighted by molar-refractivity contribution is 5.90. The Morgan fingerprint density at radius 2 is 2.17 bits per heavy atom. The molecule has 7 heteroatoms. The van der Waals surface area contributed by atoms with Crippen LogP contribution in [-0.4, -0.2) is 48.9 Å². The van der Waals surface area contributed by atoms with E-state index in [1.807, 2.05) is 0 Å². The van der Waals surface area contributed by atoms with E-state index in [4.69, 9.17) is 5.11 Å². The normalized spacial score (nSPS) is 11.5. The molecule has 0 spiro atoms. The number of rotatable bonds is 5. The summed E-state index contributed by atoms with van der Waals surface area (Å²) in [6, 6.07) is 1.95. The maximum atomic E-state index is 11.3. The Bertz CT molecular complexity index is 435. The van der Waals surface area contributed by atoms with Gasteiger partial charge in [0.25, 0.3) is 0 Å². The predicted octanol–water partition coefficient (Wildman–Crippen LogP) is -0.186. The highest BCUT2D eigenvalue weighted by Crippen LogP contribution is 2.09. The molecule has 0 fully saturated rings. The van der Waals surface area contributed by atoms with Crippen LogP contribution in [-0.2, 0) is 14.3 Å². The van der Waals surface area contributed by atoms with Crippen molar-refractivity contribution in [2.24, 2.45) is 0 Å². The Morgan fingerprint density at radius 3 is 2.72 bits per heavy atom. The number of esters is 2. The summed E-state index contributed by atoms with van der Waals surface area (Å²) in [6.45, 7) is -0.448. The highest BCUT2D eigenvalue weighted by atomic mass is 16.5.